The lowest BCUT2D eigenvalue weighted by atomic mass is 9.74. The highest BCUT2D eigenvalue weighted by Crippen LogP contribution is 2.37. The number of aliphatic hydroxyl groups is 1. The van der Waals surface area contributed by atoms with Gasteiger partial charge in [0.05, 0.1) is 18.6 Å². The van der Waals surface area contributed by atoms with E-state index < -0.39 is 11.5 Å². The molecule has 1 aliphatic carbocycles. The number of aliphatic hydroxyl groups excluding tert-OH is 1. The first-order valence-corrected chi connectivity index (χ1v) is 4.15. The van der Waals surface area contributed by atoms with Gasteiger partial charge in [0.25, 0.3) is 0 Å². The number of carbonyl (C=O) groups is 1. The lowest BCUT2D eigenvalue weighted by Gasteiger charge is -2.32. The second-order valence-corrected chi connectivity index (χ2v) is 3.43. The summed E-state index contributed by atoms with van der Waals surface area (Å²) in [5.74, 6) is -0.346. The first kappa shape index (κ1) is 9.99. The number of carbonyl (C=O) groups excluding carboxylic acids is 1. The number of methoxy groups -OCH3 is 1. The first-order valence-electron chi connectivity index (χ1n) is 4.15. The smallest absolute Gasteiger partial charge is 0.316 e. The number of allylic oxidation sites excluding steroid dienone is 1. The fourth-order valence-corrected chi connectivity index (χ4v) is 1.45. The van der Waals surface area contributed by atoms with Crippen LogP contribution in [0.1, 0.15) is 13.3 Å². The Morgan fingerprint density at radius 2 is 2.46 bits per heavy atom. The van der Waals surface area contributed by atoms with E-state index in [4.69, 9.17) is 0 Å². The Bertz CT molecular complexity index is 267. The number of ether oxygens (including phenoxy) is 1. The molecule has 1 rings (SSSR count). The normalized spacial score (nSPS) is 33.2. The summed E-state index contributed by atoms with van der Waals surface area (Å²) in [6.07, 6.45) is 3.21. The third-order valence-corrected chi connectivity index (χ3v) is 2.55. The zero-order valence-electron chi connectivity index (χ0n) is 7.91. The van der Waals surface area contributed by atoms with Crippen molar-refractivity contribution in [3.63, 3.8) is 0 Å². The van der Waals surface area contributed by atoms with E-state index in [0.717, 1.165) is 0 Å². The van der Waals surface area contributed by atoms with Crippen molar-refractivity contribution in [3.05, 3.63) is 24.3 Å². The van der Waals surface area contributed by atoms with Gasteiger partial charge in [-0.3, -0.25) is 4.79 Å². The van der Waals surface area contributed by atoms with Crippen molar-refractivity contribution in [2.24, 2.45) is 5.41 Å². The highest BCUT2D eigenvalue weighted by Gasteiger charge is 2.40. The van der Waals surface area contributed by atoms with E-state index in [1.54, 1.807) is 19.1 Å². The monoisotopic (exact) mass is 182 g/mol. The summed E-state index contributed by atoms with van der Waals surface area (Å²) in [4.78, 5) is 11.4. The van der Waals surface area contributed by atoms with E-state index >= 15 is 0 Å². The average molecular weight is 182 g/mol. The molecule has 0 aliphatic heterocycles. The molecule has 0 amide bonds. The van der Waals surface area contributed by atoms with Crippen LogP contribution in [0.4, 0.5) is 0 Å². The molecule has 72 valence electrons. The Balaban J connectivity index is 2.97. The summed E-state index contributed by atoms with van der Waals surface area (Å²) in [6.45, 7) is 5.45. The van der Waals surface area contributed by atoms with Gasteiger partial charge in [0.2, 0.25) is 0 Å². The van der Waals surface area contributed by atoms with Gasteiger partial charge in [-0.1, -0.05) is 18.7 Å². The largest absolute Gasteiger partial charge is 0.468 e. The van der Waals surface area contributed by atoms with Crippen LogP contribution in [0.2, 0.25) is 0 Å². The Kier molecular flexibility index (Phi) is 2.57. The fourth-order valence-electron chi connectivity index (χ4n) is 1.45. The predicted octanol–water partition coefficient (Wildman–Crippen LogP) is 1.04. The molecule has 0 spiro atoms. The molecule has 0 unspecified atom stereocenters. The van der Waals surface area contributed by atoms with E-state index in [0.29, 0.717) is 12.0 Å². The SMILES string of the molecule is C=C1[C@@H](O)C=CC[C@]1(C)C(=O)OC. The zero-order chi connectivity index (χ0) is 10.1. The Labute approximate surface area is 77.7 Å². The van der Waals surface area contributed by atoms with Crippen LogP contribution in [0.3, 0.4) is 0 Å². The third kappa shape index (κ3) is 1.52. The van der Waals surface area contributed by atoms with Gasteiger partial charge in [-0.05, 0) is 18.9 Å². The van der Waals surface area contributed by atoms with Gasteiger partial charge in [0, 0.05) is 0 Å². The highest BCUT2D eigenvalue weighted by molar-refractivity contribution is 5.81. The van der Waals surface area contributed by atoms with E-state index in [-0.39, 0.29) is 5.97 Å². The molecule has 0 radical (unpaired) electrons. The minimum Gasteiger partial charge on any atom is -0.468 e. The maximum absolute atomic E-state index is 11.4. The van der Waals surface area contributed by atoms with Gasteiger partial charge in [-0.2, -0.15) is 0 Å². The van der Waals surface area contributed by atoms with Gasteiger partial charge < -0.3 is 9.84 Å². The molecule has 1 aliphatic rings. The molecule has 13 heavy (non-hydrogen) atoms. The first-order chi connectivity index (χ1) is 6.02. The Hall–Kier alpha value is -1.09. The molecule has 2 atom stereocenters. The van der Waals surface area contributed by atoms with Crippen LogP contribution in [0.5, 0.6) is 0 Å². The minimum atomic E-state index is -0.775. The van der Waals surface area contributed by atoms with E-state index in [1.165, 1.54) is 7.11 Å². The van der Waals surface area contributed by atoms with Crippen molar-refractivity contribution in [3.8, 4) is 0 Å². The van der Waals surface area contributed by atoms with Crippen molar-refractivity contribution >= 4 is 5.97 Å². The van der Waals surface area contributed by atoms with Crippen LogP contribution in [0, 0.1) is 5.41 Å². The van der Waals surface area contributed by atoms with Crippen molar-refractivity contribution in [1.82, 2.24) is 0 Å². The molecule has 0 aromatic rings. The summed E-state index contributed by atoms with van der Waals surface area (Å²) in [6, 6.07) is 0. The Morgan fingerprint density at radius 1 is 1.85 bits per heavy atom. The standard InChI is InChI=1S/C10H14O3/c1-7-8(11)5-4-6-10(7,2)9(12)13-3/h4-5,8,11H,1,6H2,2-3H3/t8-,10-/m0/s1. The van der Waals surface area contributed by atoms with Crippen molar-refractivity contribution in [1.29, 1.82) is 0 Å². The lowest BCUT2D eigenvalue weighted by molar-refractivity contribution is -0.150. The average Bonchev–Trinajstić information content (AvgIpc) is 2.13. The topological polar surface area (TPSA) is 46.5 Å². The molecule has 0 fully saturated rings. The molecule has 0 aromatic heterocycles. The van der Waals surface area contributed by atoms with Crippen molar-refractivity contribution < 1.29 is 14.6 Å². The molecule has 0 aromatic carbocycles. The molecule has 0 saturated heterocycles. The second kappa shape index (κ2) is 3.34. The van der Waals surface area contributed by atoms with E-state index in [2.05, 4.69) is 11.3 Å². The molecular weight excluding hydrogens is 168 g/mol. The summed E-state index contributed by atoms with van der Waals surface area (Å²) in [5.41, 5.74) is -0.273. The summed E-state index contributed by atoms with van der Waals surface area (Å²) in [7, 11) is 1.34. The summed E-state index contributed by atoms with van der Waals surface area (Å²) >= 11 is 0. The lowest BCUT2D eigenvalue weighted by Crippen LogP contribution is -2.36. The number of esters is 1. The van der Waals surface area contributed by atoms with Crippen LogP contribution < -0.4 is 0 Å². The minimum absolute atomic E-state index is 0.346. The van der Waals surface area contributed by atoms with Crippen LogP contribution in [-0.2, 0) is 9.53 Å². The van der Waals surface area contributed by atoms with Gasteiger partial charge >= 0.3 is 5.97 Å². The summed E-state index contributed by atoms with van der Waals surface area (Å²) < 4.78 is 4.67. The molecule has 1 N–H and O–H groups in total. The highest BCUT2D eigenvalue weighted by atomic mass is 16.5. The quantitative estimate of drug-likeness (QED) is 0.487. The third-order valence-electron chi connectivity index (χ3n) is 2.55. The molecule has 3 nitrogen and oxygen atoms in total. The van der Waals surface area contributed by atoms with Gasteiger partial charge in [-0.25, -0.2) is 0 Å². The predicted molar refractivity (Wildman–Crippen MR) is 49.0 cm³/mol. The number of hydrogen-bond donors (Lipinski definition) is 1. The number of rotatable bonds is 1. The number of hydrogen-bond acceptors (Lipinski definition) is 3. The molecule has 0 bridgehead atoms. The van der Waals surface area contributed by atoms with E-state index in [9.17, 15) is 9.90 Å². The van der Waals surface area contributed by atoms with Crippen LogP contribution >= 0.6 is 0 Å². The van der Waals surface area contributed by atoms with E-state index in [1.807, 2.05) is 0 Å². The van der Waals surface area contributed by atoms with Crippen molar-refractivity contribution in [2.75, 3.05) is 7.11 Å². The summed E-state index contributed by atoms with van der Waals surface area (Å²) in [5, 5.41) is 9.46. The van der Waals surface area contributed by atoms with Crippen LogP contribution in [0.15, 0.2) is 24.3 Å². The van der Waals surface area contributed by atoms with Gasteiger partial charge in [0.15, 0.2) is 0 Å². The molecule has 3 heteroatoms. The molecular formula is C10H14O3. The zero-order valence-corrected chi connectivity index (χ0v) is 7.91. The van der Waals surface area contributed by atoms with Gasteiger partial charge in [0.1, 0.15) is 0 Å². The molecule has 0 heterocycles. The molecule has 0 saturated carbocycles. The van der Waals surface area contributed by atoms with Crippen LogP contribution in [-0.4, -0.2) is 24.3 Å². The van der Waals surface area contributed by atoms with Crippen molar-refractivity contribution in [2.45, 2.75) is 19.4 Å². The maximum Gasteiger partial charge on any atom is 0.316 e. The fraction of sp³-hybridized carbons (Fsp3) is 0.500. The maximum atomic E-state index is 11.4. The second-order valence-electron chi connectivity index (χ2n) is 3.43. The van der Waals surface area contributed by atoms with Crippen LogP contribution in [0.25, 0.3) is 0 Å². The van der Waals surface area contributed by atoms with Gasteiger partial charge in [-0.15, -0.1) is 0 Å². The Morgan fingerprint density at radius 3 is 3.00 bits per heavy atom.